The number of likely N-dealkylation sites (N-methyl/N-ethyl adjacent to an activating group) is 1. The molecule has 0 fully saturated rings. The first-order valence-corrected chi connectivity index (χ1v) is 13.5. The third-order valence-electron chi connectivity index (χ3n) is 5.35. The molecule has 0 saturated heterocycles. The minimum absolute atomic E-state index is 0.0764. The Balaban J connectivity index is 1.77. The van der Waals surface area contributed by atoms with E-state index in [4.69, 9.17) is 27.9 Å². The first kappa shape index (κ1) is 27.5. The largest absolute Gasteiger partial charge is 0.457 e. The fourth-order valence-electron chi connectivity index (χ4n) is 3.57. The average molecular weight is 604 g/mol. The molecule has 3 aromatic rings. The molecule has 188 valence electrons. The summed E-state index contributed by atoms with van der Waals surface area (Å²) in [7, 11) is -0.686. The van der Waals surface area contributed by atoms with E-state index in [1.54, 1.807) is 52.2 Å². The van der Waals surface area contributed by atoms with E-state index in [0.717, 1.165) is 4.47 Å². The minimum atomic E-state index is -3.95. The van der Waals surface area contributed by atoms with Crippen molar-refractivity contribution in [2.45, 2.75) is 38.3 Å². The second kappa shape index (κ2) is 10.9. The molecule has 35 heavy (non-hydrogen) atoms. The van der Waals surface area contributed by atoms with Gasteiger partial charge in [0, 0.05) is 36.7 Å². The van der Waals surface area contributed by atoms with E-state index in [1.807, 2.05) is 12.1 Å². The third-order valence-corrected chi connectivity index (χ3v) is 8.37. The molecule has 0 aliphatic heterocycles. The van der Waals surface area contributed by atoms with E-state index < -0.39 is 22.0 Å². The first-order valence-electron chi connectivity index (χ1n) is 10.5. The normalized spacial score (nSPS) is 12.5. The van der Waals surface area contributed by atoms with Gasteiger partial charge in [-0.05, 0) is 45.0 Å². The first-order chi connectivity index (χ1) is 16.3. The fourth-order valence-corrected chi connectivity index (χ4v) is 5.83. The summed E-state index contributed by atoms with van der Waals surface area (Å²) >= 11 is 15.5. The lowest BCUT2D eigenvalue weighted by molar-refractivity contribution is -0.131. The zero-order chi connectivity index (χ0) is 26.1. The molecule has 0 bridgehead atoms. The van der Waals surface area contributed by atoms with Gasteiger partial charge in [0.1, 0.15) is 16.4 Å². The highest BCUT2D eigenvalue weighted by molar-refractivity contribution is 9.10. The Morgan fingerprint density at radius 1 is 1.20 bits per heavy atom. The molecule has 0 radical (unpaired) electrons. The van der Waals surface area contributed by atoms with Gasteiger partial charge in [0.25, 0.3) is 0 Å². The van der Waals surface area contributed by atoms with Crippen molar-refractivity contribution in [2.24, 2.45) is 7.05 Å². The number of amides is 1. The Labute approximate surface area is 223 Å². The summed E-state index contributed by atoms with van der Waals surface area (Å²) in [4.78, 5) is 14.6. The topological polar surface area (TPSA) is 93.5 Å². The van der Waals surface area contributed by atoms with Gasteiger partial charge in [0.05, 0.1) is 27.5 Å². The maximum absolute atomic E-state index is 13.0. The van der Waals surface area contributed by atoms with Gasteiger partial charge in [-0.15, -0.1) is 0 Å². The molecule has 3 rings (SSSR count). The highest BCUT2D eigenvalue weighted by Crippen LogP contribution is 2.33. The molecule has 1 heterocycles. The number of rotatable bonds is 8. The van der Waals surface area contributed by atoms with E-state index in [0.29, 0.717) is 38.5 Å². The van der Waals surface area contributed by atoms with E-state index in [-0.39, 0.29) is 11.4 Å². The van der Waals surface area contributed by atoms with Crippen molar-refractivity contribution in [3.63, 3.8) is 0 Å². The molecule has 1 atom stereocenters. The van der Waals surface area contributed by atoms with Crippen LogP contribution in [0, 0.1) is 13.8 Å². The van der Waals surface area contributed by atoms with Crippen LogP contribution in [-0.4, -0.2) is 42.1 Å². The summed E-state index contributed by atoms with van der Waals surface area (Å²) in [6, 6.07) is 9.34. The zero-order valence-corrected chi connectivity index (χ0v) is 23.7. The highest BCUT2D eigenvalue weighted by Gasteiger charge is 2.29. The van der Waals surface area contributed by atoms with Crippen molar-refractivity contribution in [3.8, 4) is 11.5 Å². The predicted molar refractivity (Wildman–Crippen MR) is 140 cm³/mol. The second-order valence-electron chi connectivity index (χ2n) is 8.09. The van der Waals surface area contributed by atoms with Crippen LogP contribution in [-0.2, 0) is 28.4 Å². The maximum Gasteiger partial charge on any atom is 0.244 e. The van der Waals surface area contributed by atoms with Crippen LogP contribution in [0.15, 0.2) is 45.8 Å². The molecule has 1 amide bonds. The number of hydrogen-bond acceptors (Lipinski definition) is 5. The van der Waals surface area contributed by atoms with E-state index in [9.17, 15) is 13.2 Å². The molecule has 8 nitrogen and oxygen atoms in total. The summed E-state index contributed by atoms with van der Waals surface area (Å²) in [5.74, 6) is 0.583. The summed E-state index contributed by atoms with van der Waals surface area (Å²) < 4.78 is 36.6. The standard InChI is InChI=1S/C23H25BrCl2N4O4S/c1-13-22(15(3)30(5)27-13)35(32,33)28-14(2)23(31)29(4)12-16-6-7-17(24)10-21(16)34-18-8-9-19(25)20(26)11-18/h6-11,14,28H,12H2,1-5H3. The number of aromatic nitrogens is 2. The van der Waals surface area contributed by atoms with Crippen LogP contribution in [0.25, 0.3) is 0 Å². The van der Waals surface area contributed by atoms with Gasteiger partial charge < -0.3 is 9.64 Å². The number of sulfonamides is 1. The smallest absolute Gasteiger partial charge is 0.244 e. The van der Waals surface area contributed by atoms with Crippen LogP contribution in [0.3, 0.4) is 0 Å². The monoisotopic (exact) mass is 602 g/mol. The number of aryl methyl sites for hydroxylation is 2. The van der Waals surface area contributed by atoms with Crippen LogP contribution in [0.1, 0.15) is 23.9 Å². The summed E-state index contributed by atoms with van der Waals surface area (Å²) in [6.07, 6.45) is 0. The van der Waals surface area contributed by atoms with Gasteiger partial charge >= 0.3 is 0 Å². The lowest BCUT2D eigenvalue weighted by atomic mass is 10.1. The number of halogens is 3. The maximum atomic E-state index is 13.0. The number of hydrogen-bond donors (Lipinski definition) is 1. The van der Waals surface area contributed by atoms with E-state index >= 15 is 0 Å². The molecule has 1 unspecified atom stereocenters. The molecule has 1 N–H and O–H groups in total. The Bertz CT molecular complexity index is 1380. The number of benzene rings is 2. The van der Waals surface area contributed by atoms with Crippen molar-refractivity contribution in [2.75, 3.05) is 7.05 Å². The number of nitrogens with zero attached hydrogens (tertiary/aromatic N) is 3. The number of carbonyl (C=O) groups excluding carboxylic acids is 1. The summed E-state index contributed by atoms with van der Waals surface area (Å²) in [6.45, 7) is 4.96. The number of ether oxygens (including phenoxy) is 1. The summed E-state index contributed by atoms with van der Waals surface area (Å²) in [5.41, 5.74) is 1.57. The van der Waals surface area contributed by atoms with Gasteiger partial charge in [0.2, 0.25) is 15.9 Å². The van der Waals surface area contributed by atoms with Crippen LogP contribution >= 0.6 is 39.1 Å². The Hall–Kier alpha value is -2.11. The molecule has 2 aromatic carbocycles. The van der Waals surface area contributed by atoms with Gasteiger partial charge in [-0.1, -0.05) is 45.2 Å². The molecular weight excluding hydrogens is 579 g/mol. The van der Waals surface area contributed by atoms with Crippen molar-refractivity contribution in [3.05, 3.63) is 67.9 Å². The zero-order valence-electron chi connectivity index (χ0n) is 19.8. The number of carbonyl (C=O) groups is 1. The molecule has 0 spiro atoms. The average Bonchev–Trinajstić information content (AvgIpc) is 3.03. The Kier molecular flexibility index (Phi) is 8.54. The Morgan fingerprint density at radius 3 is 2.49 bits per heavy atom. The quantitative estimate of drug-likeness (QED) is 0.381. The molecule has 0 aliphatic rings. The third kappa shape index (κ3) is 6.37. The van der Waals surface area contributed by atoms with Crippen molar-refractivity contribution < 1.29 is 17.9 Å². The lowest BCUT2D eigenvalue weighted by Crippen LogP contribution is -2.45. The lowest BCUT2D eigenvalue weighted by Gasteiger charge is -2.23. The molecule has 0 saturated carbocycles. The Morgan fingerprint density at radius 2 is 1.89 bits per heavy atom. The van der Waals surface area contributed by atoms with Gasteiger partial charge in [-0.2, -0.15) is 9.82 Å². The second-order valence-corrected chi connectivity index (χ2v) is 11.5. The minimum Gasteiger partial charge on any atom is -0.457 e. The van der Waals surface area contributed by atoms with Gasteiger partial charge in [-0.3, -0.25) is 9.48 Å². The van der Waals surface area contributed by atoms with Crippen molar-refractivity contribution >= 4 is 55.1 Å². The SMILES string of the molecule is Cc1nn(C)c(C)c1S(=O)(=O)NC(C)C(=O)N(C)Cc1ccc(Br)cc1Oc1ccc(Cl)c(Cl)c1. The molecule has 12 heteroatoms. The number of nitrogens with one attached hydrogen (secondary N) is 1. The van der Waals surface area contributed by atoms with Gasteiger partial charge in [0.15, 0.2) is 0 Å². The molecule has 1 aromatic heterocycles. The van der Waals surface area contributed by atoms with Crippen LogP contribution in [0.2, 0.25) is 10.0 Å². The highest BCUT2D eigenvalue weighted by atomic mass is 79.9. The van der Waals surface area contributed by atoms with Crippen LogP contribution in [0.4, 0.5) is 0 Å². The van der Waals surface area contributed by atoms with Crippen LogP contribution < -0.4 is 9.46 Å². The summed E-state index contributed by atoms with van der Waals surface area (Å²) in [5, 5.41) is 4.91. The predicted octanol–water partition coefficient (Wildman–Crippen LogP) is 5.22. The van der Waals surface area contributed by atoms with E-state index in [2.05, 4.69) is 25.8 Å². The van der Waals surface area contributed by atoms with Crippen LogP contribution in [0.5, 0.6) is 11.5 Å². The molecular formula is C23H25BrCl2N4O4S. The van der Waals surface area contributed by atoms with E-state index in [1.165, 1.54) is 16.5 Å². The fraction of sp³-hybridized carbons (Fsp3) is 0.304. The van der Waals surface area contributed by atoms with Crippen molar-refractivity contribution in [1.29, 1.82) is 0 Å². The molecule has 0 aliphatic carbocycles. The van der Waals surface area contributed by atoms with Crippen molar-refractivity contribution in [1.82, 2.24) is 19.4 Å². The van der Waals surface area contributed by atoms with Gasteiger partial charge in [-0.25, -0.2) is 8.42 Å².